The van der Waals surface area contributed by atoms with Crippen molar-refractivity contribution >= 4 is 42.1 Å². The Labute approximate surface area is 475 Å². The Morgan fingerprint density at radius 3 is 1.84 bits per heavy atom. The fraction of sp³-hybridized carbons (Fsp3) is 0.604. The van der Waals surface area contributed by atoms with Crippen LogP contribution in [-0.2, 0) is 74.3 Å². The second kappa shape index (κ2) is 32.9. The van der Waals surface area contributed by atoms with Crippen LogP contribution < -0.4 is 73.9 Å². The van der Waals surface area contributed by atoms with Crippen molar-refractivity contribution in [1.29, 1.82) is 0 Å². The minimum absolute atomic E-state index is 0. The molecule has 2 aliphatic heterocycles. The molecular weight excluding hydrogens is 1030 g/mol. The SMILES string of the molecule is COCCOCCOCCOCC[N+](CCCS(=O)(=O)[O-])=c1ccc2c(/C=C/C=C3\N(CCOCCOCCOCCO)c4ccc(S(=O)(=O)[O-])cc4C3(C)CCCS(=O)(=O)[O-])cc(C(C)(C)C)oc-2c1.[Na+].[Na+]. The van der Waals surface area contributed by atoms with Gasteiger partial charge in [-0.1, -0.05) is 32.9 Å². The Kier molecular flexibility index (Phi) is 30.4. The van der Waals surface area contributed by atoms with Crippen LogP contribution in [0.15, 0.2) is 69.6 Å². The van der Waals surface area contributed by atoms with Gasteiger partial charge in [0.2, 0.25) is 5.36 Å². The molecular formula is C48H70N2Na2O18S3. The molecule has 1 atom stereocenters. The van der Waals surface area contributed by atoms with Crippen molar-refractivity contribution in [2.24, 2.45) is 0 Å². The van der Waals surface area contributed by atoms with Gasteiger partial charge < -0.3 is 61.2 Å². The van der Waals surface area contributed by atoms with Crippen LogP contribution in [0.1, 0.15) is 63.8 Å². The number of anilines is 1. The second-order valence-corrected chi connectivity index (χ2v) is 22.3. The van der Waals surface area contributed by atoms with E-state index in [1.807, 2.05) is 79.7 Å². The number of aliphatic hydroxyl groups excluding tert-OH is 1. The zero-order chi connectivity index (χ0) is 52.1. The molecule has 400 valence electrons. The van der Waals surface area contributed by atoms with E-state index in [1.165, 1.54) is 18.2 Å². The van der Waals surface area contributed by atoms with Crippen LogP contribution in [0.3, 0.4) is 0 Å². The third-order valence-corrected chi connectivity index (χ3v) is 13.8. The van der Waals surface area contributed by atoms with Crippen molar-refractivity contribution in [2.75, 3.05) is 136 Å². The Hall–Kier alpha value is -1.66. The van der Waals surface area contributed by atoms with Crippen molar-refractivity contribution in [3.63, 3.8) is 0 Å². The maximum absolute atomic E-state index is 12.3. The molecule has 1 aromatic rings. The Balaban J connectivity index is 0.00000913. The molecule has 0 saturated heterocycles. The molecule has 1 N–H and O–H groups in total. The van der Waals surface area contributed by atoms with E-state index in [0.29, 0.717) is 93.2 Å². The smallest absolute Gasteiger partial charge is 0.748 e. The van der Waals surface area contributed by atoms with Gasteiger partial charge in [0.1, 0.15) is 34.8 Å². The first kappa shape index (κ1) is 67.4. The van der Waals surface area contributed by atoms with Gasteiger partial charge in [0.05, 0.1) is 117 Å². The van der Waals surface area contributed by atoms with Gasteiger partial charge >= 0.3 is 59.1 Å². The van der Waals surface area contributed by atoms with E-state index in [2.05, 4.69) is 0 Å². The van der Waals surface area contributed by atoms with Crippen LogP contribution in [-0.4, -0.2) is 175 Å². The number of allylic oxidation sites excluding steroid dienone is 3. The Bertz CT molecular complexity index is 2590. The molecule has 0 saturated carbocycles. The summed E-state index contributed by atoms with van der Waals surface area (Å²) in [5.74, 6) is -0.0237. The number of benzene rings is 2. The molecule has 25 heteroatoms. The molecule has 0 bridgehead atoms. The van der Waals surface area contributed by atoms with Crippen molar-refractivity contribution in [3.8, 4) is 11.3 Å². The largest absolute Gasteiger partial charge is 1.00 e. The number of ether oxygens (including phenoxy) is 7. The van der Waals surface area contributed by atoms with Gasteiger partial charge in [0, 0.05) is 65.4 Å². The molecule has 0 aromatic heterocycles. The summed E-state index contributed by atoms with van der Waals surface area (Å²) in [6, 6.07) is 11.6. The van der Waals surface area contributed by atoms with Gasteiger partial charge in [-0.25, -0.2) is 29.8 Å². The molecule has 20 nitrogen and oxygen atoms in total. The quantitative estimate of drug-likeness (QED) is 0.0271. The molecule has 0 spiro atoms. The number of hydrogen-bond donors (Lipinski definition) is 1. The third-order valence-electron chi connectivity index (χ3n) is 11.4. The van der Waals surface area contributed by atoms with E-state index < -0.39 is 57.6 Å². The first-order chi connectivity index (χ1) is 33.6. The first-order valence-corrected chi connectivity index (χ1v) is 28.0. The molecule has 4 rings (SSSR count). The molecule has 1 aromatic carbocycles. The molecule has 2 heterocycles. The van der Waals surface area contributed by atoms with Gasteiger partial charge in [-0.3, -0.25) is 0 Å². The topological polar surface area (TPSA) is 276 Å². The fourth-order valence-corrected chi connectivity index (χ4v) is 9.34. The standard InChI is InChI=1S/C48H72N2O18S3.2Na/c1-47(2,3)46-35-38(41-13-11-39(36-44(41)68-46)49(16-8-34-70(55,56)57)17-20-62-25-28-67-32-31-65-24-23-61-5)9-6-10-45-48(4,15-7-33-69(52,53)54)42-37-40(71(58,59)60)12-14-43(42)50(45)18-21-63-26-29-66-30-27-64-22-19-51;;/h6,9-14,35-37,51H,7-8,15-34H2,1-5H3,(H2-,52,53,54,55,56,57,58,59,60);;/q;2*+1/p-2. The van der Waals surface area contributed by atoms with Crippen molar-refractivity contribution in [2.45, 2.75) is 62.7 Å². The minimum Gasteiger partial charge on any atom is -0.748 e. The fourth-order valence-electron chi connectivity index (χ4n) is 7.86. The molecule has 0 radical (unpaired) electrons. The first-order valence-electron chi connectivity index (χ1n) is 23.4. The van der Waals surface area contributed by atoms with E-state index in [0.717, 1.165) is 11.1 Å². The summed E-state index contributed by atoms with van der Waals surface area (Å²) in [7, 11) is -12.3. The maximum Gasteiger partial charge on any atom is 1.00 e. The van der Waals surface area contributed by atoms with Gasteiger partial charge in [-0.2, -0.15) is 0 Å². The molecule has 73 heavy (non-hydrogen) atoms. The predicted molar refractivity (Wildman–Crippen MR) is 262 cm³/mol. The normalized spacial score (nSPS) is 16.3. The van der Waals surface area contributed by atoms with Gasteiger partial charge in [-0.05, 0) is 67.3 Å². The number of hydrogen-bond acceptors (Lipinski definition) is 19. The van der Waals surface area contributed by atoms with Crippen LogP contribution in [0.25, 0.3) is 17.4 Å². The number of aliphatic hydroxyl groups is 1. The predicted octanol–water partition coefficient (Wildman–Crippen LogP) is -2.96. The average molecular weight is 1110 g/mol. The Morgan fingerprint density at radius 1 is 0.712 bits per heavy atom. The minimum atomic E-state index is -4.89. The van der Waals surface area contributed by atoms with Gasteiger partial charge in [-0.15, -0.1) is 0 Å². The molecule has 3 aliphatic rings. The summed E-state index contributed by atoms with van der Waals surface area (Å²) < 4.78 is 154. The summed E-state index contributed by atoms with van der Waals surface area (Å²) in [5.41, 5.74) is 1.64. The van der Waals surface area contributed by atoms with E-state index in [4.69, 9.17) is 42.7 Å². The summed E-state index contributed by atoms with van der Waals surface area (Å²) >= 11 is 0. The van der Waals surface area contributed by atoms with E-state index in [1.54, 1.807) is 7.11 Å². The van der Waals surface area contributed by atoms with Crippen molar-refractivity contribution < 1.29 is 141 Å². The number of fused-ring (bicyclic) bond motifs is 2. The second-order valence-electron chi connectivity index (χ2n) is 17.9. The monoisotopic (exact) mass is 1100 g/mol. The van der Waals surface area contributed by atoms with E-state index in [9.17, 15) is 38.9 Å². The zero-order valence-corrected chi connectivity index (χ0v) is 49.8. The van der Waals surface area contributed by atoms with Gasteiger partial charge in [0.15, 0.2) is 6.54 Å². The van der Waals surface area contributed by atoms with E-state index in [-0.39, 0.29) is 131 Å². The molecule has 1 aliphatic carbocycles. The van der Waals surface area contributed by atoms with E-state index >= 15 is 0 Å². The Morgan fingerprint density at radius 2 is 1.27 bits per heavy atom. The van der Waals surface area contributed by atoms with Crippen LogP contribution in [0.2, 0.25) is 0 Å². The van der Waals surface area contributed by atoms with Crippen LogP contribution >= 0.6 is 0 Å². The molecule has 0 fully saturated rings. The summed E-state index contributed by atoms with van der Waals surface area (Å²) in [6.45, 7) is 12.9. The maximum atomic E-state index is 12.3. The number of rotatable bonds is 34. The van der Waals surface area contributed by atoms with Crippen LogP contribution in [0.5, 0.6) is 0 Å². The van der Waals surface area contributed by atoms with Gasteiger partial charge in [0.25, 0.3) is 0 Å². The van der Waals surface area contributed by atoms with Crippen LogP contribution in [0.4, 0.5) is 5.69 Å². The molecule has 1 unspecified atom stereocenters. The zero-order valence-electron chi connectivity index (χ0n) is 43.3. The number of methoxy groups -OCH3 is 1. The third kappa shape index (κ3) is 23.5. The summed E-state index contributed by atoms with van der Waals surface area (Å²) in [6.07, 6.45) is 5.67. The number of nitrogens with zero attached hydrogens (tertiary/aromatic N) is 2. The molecule has 0 amide bonds. The average Bonchev–Trinajstić information content (AvgIpc) is 3.51. The van der Waals surface area contributed by atoms with Crippen molar-refractivity contribution in [3.05, 3.63) is 82.6 Å². The van der Waals surface area contributed by atoms with Crippen LogP contribution in [0, 0.1) is 0 Å². The summed E-state index contributed by atoms with van der Waals surface area (Å²) in [5, 5.41) is 9.59. The summed E-state index contributed by atoms with van der Waals surface area (Å²) in [4.78, 5) is 1.47. The van der Waals surface area contributed by atoms with Crippen molar-refractivity contribution in [1.82, 2.24) is 4.58 Å².